The smallest absolute Gasteiger partial charge is 0.338 e. The van der Waals surface area contributed by atoms with Crippen LogP contribution in [0.4, 0.5) is 0 Å². The van der Waals surface area contributed by atoms with Gasteiger partial charge in [-0.3, -0.25) is 4.79 Å². The van der Waals surface area contributed by atoms with Gasteiger partial charge < -0.3 is 9.47 Å². The highest BCUT2D eigenvalue weighted by Crippen LogP contribution is 2.46. The number of rotatable bonds is 1. The molecule has 94 valence electrons. The van der Waals surface area contributed by atoms with Gasteiger partial charge in [-0.1, -0.05) is 0 Å². The maximum absolute atomic E-state index is 11.9. The topological polar surface area (TPSA) is 52.6 Å². The number of carbonyl (C=O) groups excluding carboxylic acids is 2. The monoisotopic (exact) mass is 246 g/mol. The molecule has 4 heteroatoms. The Kier molecular flexibility index (Phi) is 2.24. The maximum Gasteiger partial charge on any atom is 0.338 e. The van der Waals surface area contributed by atoms with Gasteiger partial charge in [0.25, 0.3) is 0 Å². The van der Waals surface area contributed by atoms with Crippen LogP contribution in [0.25, 0.3) is 0 Å². The highest BCUT2D eigenvalue weighted by atomic mass is 16.5. The van der Waals surface area contributed by atoms with Crippen LogP contribution >= 0.6 is 0 Å². The van der Waals surface area contributed by atoms with Gasteiger partial charge in [0.1, 0.15) is 5.75 Å². The molecule has 0 radical (unpaired) electrons. The Hall–Kier alpha value is -1.84. The molecule has 1 spiro atoms. The molecule has 1 aliphatic heterocycles. The summed E-state index contributed by atoms with van der Waals surface area (Å²) in [5.41, 5.74) is 1.54. The van der Waals surface area contributed by atoms with E-state index in [1.165, 1.54) is 7.11 Å². The standard InChI is InChI=1S/C14H14O4/c1-8-5-11-9(6-10(8)13(16)17-2)7-12(15)14(18-11)3-4-14/h5-6H,3-4,7H2,1-2H3. The number of benzene rings is 1. The fourth-order valence-corrected chi connectivity index (χ4v) is 2.39. The Morgan fingerprint density at radius 1 is 1.39 bits per heavy atom. The van der Waals surface area contributed by atoms with Gasteiger partial charge in [-0.05, 0) is 37.5 Å². The first-order chi connectivity index (χ1) is 8.55. The Bertz CT molecular complexity index is 555. The van der Waals surface area contributed by atoms with Gasteiger partial charge in [-0.2, -0.15) is 0 Å². The second kappa shape index (κ2) is 3.57. The van der Waals surface area contributed by atoms with Gasteiger partial charge in [0.2, 0.25) is 0 Å². The summed E-state index contributed by atoms with van der Waals surface area (Å²) < 4.78 is 10.5. The summed E-state index contributed by atoms with van der Waals surface area (Å²) in [7, 11) is 1.35. The van der Waals surface area contributed by atoms with Gasteiger partial charge in [0.15, 0.2) is 11.4 Å². The molecule has 1 aromatic rings. The summed E-state index contributed by atoms with van der Waals surface area (Å²) in [5.74, 6) is 0.473. The normalized spacial score (nSPS) is 19.1. The Morgan fingerprint density at radius 2 is 2.11 bits per heavy atom. The molecule has 0 unspecified atom stereocenters. The van der Waals surface area contributed by atoms with Crippen LogP contribution < -0.4 is 4.74 Å². The first-order valence-electron chi connectivity index (χ1n) is 6.00. The number of Topliss-reactive ketones (excluding diaryl/α,β-unsaturated/α-hetero) is 1. The van der Waals surface area contributed by atoms with E-state index in [9.17, 15) is 9.59 Å². The van der Waals surface area contributed by atoms with E-state index >= 15 is 0 Å². The van der Waals surface area contributed by atoms with Gasteiger partial charge >= 0.3 is 5.97 Å². The Labute approximate surface area is 105 Å². The van der Waals surface area contributed by atoms with Crippen LogP contribution in [-0.2, 0) is 16.0 Å². The van der Waals surface area contributed by atoms with Crippen LogP contribution in [0.15, 0.2) is 12.1 Å². The van der Waals surface area contributed by atoms with E-state index in [1.54, 1.807) is 6.07 Å². The van der Waals surface area contributed by atoms with Crippen molar-refractivity contribution in [2.45, 2.75) is 31.8 Å². The third kappa shape index (κ3) is 1.52. The maximum atomic E-state index is 11.9. The molecule has 0 saturated heterocycles. The van der Waals surface area contributed by atoms with Crippen molar-refractivity contribution in [2.24, 2.45) is 0 Å². The van der Waals surface area contributed by atoms with Gasteiger partial charge in [-0.15, -0.1) is 0 Å². The lowest BCUT2D eigenvalue weighted by Gasteiger charge is -2.25. The number of esters is 1. The van der Waals surface area contributed by atoms with Crippen molar-refractivity contribution >= 4 is 11.8 Å². The van der Waals surface area contributed by atoms with E-state index in [4.69, 9.17) is 9.47 Å². The molecule has 1 heterocycles. The summed E-state index contributed by atoms with van der Waals surface area (Å²) in [6.45, 7) is 1.84. The minimum absolute atomic E-state index is 0.120. The predicted molar refractivity (Wildman–Crippen MR) is 63.8 cm³/mol. The van der Waals surface area contributed by atoms with Crippen molar-refractivity contribution in [1.82, 2.24) is 0 Å². The number of ether oxygens (including phenoxy) is 2. The number of hydrogen-bond donors (Lipinski definition) is 0. The number of carbonyl (C=O) groups is 2. The van der Waals surface area contributed by atoms with Crippen molar-refractivity contribution in [3.05, 3.63) is 28.8 Å². The highest BCUT2D eigenvalue weighted by Gasteiger charge is 2.54. The van der Waals surface area contributed by atoms with Crippen LogP contribution in [0.3, 0.4) is 0 Å². The molecule has 0 amide bonds. The van der Waals surface area contributed by atoms with Gasteiger partial charge in [0, 0.05) is 12.0 Å². The van der Waals surface area contributed by atoms with Crippen molar-refractivity contribution in [3.8, 4) is 5.75 Å². The number of fused-ring (bicyclic) bond motifs is 1. The molecule has 1 aliphatic carbocycles. The summed E-state index contributed by atoms with van der Waals surface area (Å²) in [6, 6.07) is 3.54. The fourth-order valence-electron chi connectivity index (χ4n) is 2.39. The van der Waals surface area contributed by atoms with E-state index in [0.717, 1.165) is 29.7 Å². The first-order valence-corrected chi connectivity index (χ1v) is 6.00. The third-order valence-electron chi connectivity index (χ3n) is 3.68. The first kappa shape index (κ1) is 11.3. The van der Waals surface area contributed by atoms with E-state index in [-0.39, 0.29) is 11.8 Å². The molecule has 1 fully saturated rings. The largest absolute Gasteiger partial charge is 0.479 e. The van der Waals surface area contributed by atoms with Crippen LogP contribution in [0, 0.1) is 6.92 Å². The molecular weight excluding hydrogens is 232 g/mol. The van der Waals surface area contributed by atoms with Crippen molar-refractivity contribution < 1.29 is 19.1 Å². The molecule has 18 heavy (non-hydrogen) atoms. The number of methoxy groups -OCH3 is 1. The predicted octanol–water partition coefficient (Wildman–Crippen LogP) is 1.82. The van der Waals surface area contributed by atoms with E-state index in [2.05, 4.69) is 0 Å². The zero-order valence-corrected chi connectivity index (χ0v) is 10.4. The van der Waals surface area contributed by atoms with E-state index < -0.39 is 5.60 Å². The summed E-state index contributed by atoms with van der Waals surface area (Å²) in [6.07, 6.45) is 1.96. The number of ketones is 1. The third-order valence-corrected chi connectivity index (χ3v) is 3.68. The summed E-state index contributed by atoms with van der Waals surface area (Å²) in [4.78, 5) is 23.5. The second-order valence-corrected chi connectivity index (χ2v) is 4.96. The highest BCUT2D eigenvalue weighted by molar-refractivity contribution is 5.96. The van der Waals surface area contributed by atoms with Gasteiger partial charge in [0.05, 0.1) is 12.7 Å². The molecule has 0 bridgehead atoms. The molecule has 0 atom stereocenters. The zero-order chi connectivity index (χ0) is 12.9. The molecule has 1 aromatic carbocycles. The van der Waals surface area contributed by atoms with Crippen LogP contribution in [-0.4, -0.2) is 24.5 Å². The molecule has 3 rings (SSSR count). The second-order valence-electron chi connectivity index (χ2n) is 4.96. The number of aryl methyl sites for hydroxylation is 1. The lowest BCUT2D eigenvalue weighted by Crippen LogP contribution is -2.35. The van der Waals surface area contributed by atoms with E-state index in [1.807, 2.05) is 13.0 Å². The van der Waals surface area contributed by atoms with Crippen LogP contribution in [0.5, 0.6) is 5.75 Å². The number of hydrogen-bond acceptors (Lipinski definition) is 4. The minimum atomic E-state index is -0.549. The molecule has 4 nitrogen and oxygen atoms in total. The average Bonchev–Trinajstić information content (AvgIpc) is 3.11. The van der Waals surface area contributed by atoms with Crippen molar-refractivity contribution in [2.75, 3.05) is 7.11 Å². The molecule has 1 saturated carbocycles. The van der Waals surface area contributed by atoms with Gasteiger partial charge in [-0.25, -0.2) is 4.79 Å². The quantitative estimate of drug-likeness (QED) is 0.709. The van der Waals surface area contributed by atoms with Crippen molar-refractivity contribution in [1.29, 1.82) is 0 Å². The zero-order valence-electron chi connectivity index (χ0n) is 10.4. The summed E-state index contributed by atoms with van der Waals surface area (Å²) >= 11 is 0. The molecular formula is C14H14O4. The minimum Gasteiger partial charge on any atom is -0.479 e. The lowest BCUT2D eigenvalue weighted by molar-refractivity contribution is -0.128. The SMILES string of the molecule is COC(=O)c1cc2c(cc1C)OC1(CC1)C(=O)C2. The Balaban J connectivity index is 2.04. The lowest BCUT2D eigenvalue weighted by atomic mass is 9.95. The molecule has 2 aliphatic rings. The van der Waals surface area contributed by atoms with Crippen LogP contribution in [0.1, 0.15) is 34.3 Å². The fraction of sp³-hybridized carbons (Fsp3) is 0.429. The summed E-state index contributed by atoms with van der Waals surface area (Å²) in [5, 5.41) is 0. The Morgan fingerprint density at radius 3 is 2.72 bits per heavy atom. The van der Waals surface area contributed by atoms with E-state index in [0.29, 0.717) is 12.0 Å². The molecule has 0 N–H and O–H groups in total. The molecule has 0 aromatic heterocycles. The van der Waals surface area contributed by atoms with Crippen LogP contribution in [0.2, 0.25) is 0 Å². The average molecular weight is 246 g/mol. The van der Waals surface area contributed by atoms with Crippen molar-refractivity contribution in [3.63, 3.8) is 0 Å².